The van der Waals surface area contributed by atoms with Crippen LogP contribution in [0.5, 0.6) is 0 Å². The number of halogens is 2. The molecule has 0 spiro atoms. The topological polar surface area (TPSA) is 99.7 Å². The third-order valence-electron chi connectivity index (χ3n) is 2.03. The molecule has 0 heterocycles. The van der Waals surface area contributed by atoms with Crippen molar-refractivity contribution < 1.29 is 10.0 Å². The van der Waals surface area contributed by atoms with Crippen LogP contribution in [-0.4, -0.2) is 23.1 Å². The Labute approximate surface area is 114 Å². The molecule has 0 aliphatic carbocycles. The Bertz CT molecular complexity index is 459. The first-order chi connectivity index (χ1) is 8.42. The number of nitrogens with one attached hydrogen (secondary N) is 2. The predicted octanol–water partition coefficient (Wildman–Crippen LogP) is 2.25. The zero-order chi connectivity index (χ0) is 13.7. The molecule has 0 saturated carbocycles. The summed E-state index contributed by atoms with van der Waals surface area (Å²) in [6.45, 7) is 1.57. The summed E-state index contributed by atoms with van der Waals surface area (Å²) in [6, 6.07) is 3.50. The van der Waals surface area contributed by atoms with Gasteiger partial charge in [0.25, 0.3) is 0 Å². The van der Waals surface area contributed by atoms with Crippen LogP contribution in [0.25, 0.3) is 0 Å². The van der Waals surface area contributed by atoms with Gasteiger partial charge in [0.05, 0.1) is 6.04 Å². The van der Waals surface area contributed by atoms with Crippen LogP contribution in [0.15, 0.2) is 23.4 Å². The van der Waals surface area contributed by atoms with Gasteiger partial charge < -0.3 is 21.6 Å². The molecule has 1 atom stereocenters. The van der Waals surface area contributed by atoms with Crippen molar-refractivity contribution in [2.75, 3.05) is 5.32 Å². The fraction of sp³-hybridized carbons (Fsp3) is 0.200. The highest BCUT2D eigenvalue weighted by molar-refractivity contribution is 6.35. The van der Waals surface area contributed by atoms with Gasteiger partial charge in [0, 0.05) is 15.7 Å². The van der Waals surface area contributed by atoms with E-state index < -0.39 is 12.1 Å². The fourth-order valence-electron chi connectivity index (χ4n) is 1.15. The summed E-state index contributed by atoms with van der Waals surface area (Å²) in [5.74, 6) is -0.103. The maximum Gasteiger partial charge on any atom is 0.319 e. The van der Waals surface area contributed by atoms with E-state index >= 15 is 0 Å². The SMILES string of the molecule is CC(NC(=O)Nc1cc(Cl)cc(Cl)c1)/C(N)=N/O. The molecule has 0 saturated heterocycles. The van der Waals surface area contributed by atoms with E-state index in [0.717, 1.165) is 0 Å². The van der Waals surface area contributed by atoms with Crippen molar-refractivity contribution >= 4 is 40.8 Å². The Hall–Kier alpha value is -1.66. The first kappa shape index (κ1) is 14.4. The number of anilines is 1. The Morgan fingerprint density at radius 2 is 1.94 bits per heavy atom. The van der Waals surface area contributed by atoms with Crippen LogP contribution in [0, 0.1) is 0 Å². The Morgan fingerprint density at radius 3 is 2.44 bits per heavy atom. The summed E-state index contributed by atoms with van der Waals surface area (Å²) in [4.78, 5) is 11.6. The largest absolute Gasteiger partial charge is 0.409 e. The summed E-state index contributed by atoms with van der Waals surface area (Å²) >= 11 is 11.6. The molecule has 0 aromatic heterocycles. The molecule has 5 N–H and O–H groups in total. The first-order valence-corrected chi connectivity index (χ1v) is 5.69. The molecule has 1 rings (SSSR count). The molecule has 8 heteroatoms. The van der Waals surface area contributed by atoms with Gasteiger partial charge >= 0.3 is 6.03 Å². The molecule has 18 heavy (non-hydrogen) atoms. The smallest absolute Gasteiger partial charge is 0.319 e. The van der Waals surface area contributed by atoms with Gasteiger partial charge in [0.2, 0.25) is 0 Å². The van der Waals surface area contributed by atoms with Crippen molar-refractivity contribution in [1.29, 1.82) is 0 Å². The van der Waals surface area contributed by atoms with Crippen molar-refractivity contribution in [2.45, 2.75) is 13.0 Å². The summed E-state index contributed by atoms with van der Waals surface area (Å²) in [5, 5.41) is 17.0. The molecule has 1 aromatic carbocycles. The number of amides is 2. The molecule has 98 valence electrons. The van der Waals surface area contributed by atoms with Crippen molar-refractivity contribution in [1.82, 2.24) is 5.32 Å². The third-order valence-corrected chi connectivity index (χ3v) is 2.46. The zero-order valence-electron chi connectivity index (χ0n) is 9.45. The lowest BCUT2D eigenvalue weighted by Crippen LogP contribution is -2.44. The van der Waals surface area contributed by atoms with Crippen LogP contribution in [0.4, 0.5) is 10.5 Å². The van der Waals surface area contributed by atoms with E-state index in [1.807, 2.05) is 0 Å². The van der Waals surface area contributed by atoms with Crippen LogP contribution in [0.1, 0.15) is 6.92 Å². The number of oxime groups is 1. The average molecular weight is 291 g/mol. The Balaban J connectivity index is 2.65. The molecule has 0 aliphatic heterocycles. The molecular weight excluding hydrogens is 279 g/mol. The summed E-state index contributed by atoms with van der Waals surface area (Å²) in [6.07, 6.45) is 0. The van der Waals surface area contributed by atoms with E-state index in [0.29, 0.717) is 15.7 Å². The number of carbonyl (C=O) groups is 1. The number of nitrogens with zero attached hydrogens (tertiary/aromatic N) is 1. The number of hydrogen-bond acceptors (Lipinski definition) is 3. The summed E-state index contributed by atoms with van der Waals surface area (Å²) in [5.41, 5.74) is 5.76. The van der Waals surface area contributed by atoms with E-state index in [1.165, 1.54) is 0 Å². The number of carbonyl (C=O) groups excluding carboxylic acids is 1. The molecule has 6 nitrogen and oxygen atoms in total. The van der Waals surface area contributed by atoms with Gasteiger partial charge in [-0.1, -0.05) is 28.4 Å². The number of rotatable bonds is 3. The second-order valence-corrected chi connectivity index (χ2v) is 4.38. The van der Waals surface area contributed by atoms with Gasteiger partial charge in [-0.2, -0.15) is 0 Å². The van der Waals surface area contributed by atoms with Crippen LogP contribution in [0.2, 0.25) is 10.0 Å². The zero-order valence-corrected chi connectivity index (χ0v) is 11.0. The maximum absolute atomic E-state index is 11.6. The standard InChI is InChI=1S/C10H12Cl2N4O2/c1-5(9(13)16-18)14-10(17)15-8-3-6(11)2-7(12)4-8/h2-5,18H,1H3,(H2,13,16)(H2,14,15,17). The molecule has 1 aromatic rings. The number of benzene rings is 1. The quantitative estimate of drug-likeness (QED) is 0.297. The number of hydrogen-bond donors (Lipinski definition) is 4. The molecule has 2 amide bonds. The van der Waals surface area contributed by atoms with Gasteiger partial charge in [-0.05, 0) is 25.1 Å². The van der Waals surface area contributed by atoms with E-state index in [2.05, 4.69) is 15.8 Å². The molecule has 0 aliphatic rings. The van der Waals surface area contributed by atoms with Crippen molar-refractivity contribution in [3.8, 4) is 0 Å². The highest BCUT2D eigenvalue weighted by Crippen LogP contribution is 2.22. The molecule has 0 bridgehead atoms. The second kappa shape index (κ2) is 6.32. The Morgan fingerprint density at radius 1 is 1.39 bits per heavy atom. The first-order valence-electron chi connectivity index (χ1n) is 4.93. The monoisotopic (exact) mass is 290 g/mol. The van der Waals surface area contributed by atoms with Gasteiger partial charge in [0.1, 0.15) is 0 Å². The molecule has 0 fully saturated rings. The predicted molar refractivity (Wildman–Crippen MR) is 71.5 cm³/mol. The molecule has 0 radical (unpaired) electrons. The summed E-state index contributed by atoms with van der Waals surface area (Å²) in [7, 11) is 0. The highest BCUT2D eigenvalue weighted by atomic mass is 35.5. The second-order valence-electron chi connectivity index (χ2n) is 3.50. The van der Waals surface area contributed by atoms with Crippen molar-refractivity contribution in [2.24, 2.45) is 10.9 Å². The summed E-state index contributed by atoms with van der Waals surface area (Å²) < 4.78 is 0. The lowest BCUT2D eigenvalue weighted by Gasteiger charge is -2.13. The number of nitrogens with two attached hydrogens (primary N) is 1. The van der Waals surface area contributed by atoms with Gasteiger partial charge in [-0.25, -0.2) is 4.79 Å². The van der Waals surface area contributed by atoms with E-state index in [4.69, 9.17) is 34.1 Å². The minimum absolute atomic E-state index is 0.103. The van der Waals surface area contributed by atoms with E-state index in [-0.39, 0.29) is 5.84 Å². The van der Waals surface area contributed by atoms with Crippen LogP contribution in [-0.2, 0) is 0 Å². The van der Waals surface area contributed by atoms with E-state index in [9.17, 15) is 4.79 Å². The number of amidine groups is 1. The van der Waals surface area contributed by atoms with Crippen LogP contribution in [0.3, 0.4) is 0 Å². The highest BCUT2D eigenvalue weighted by Gasteiger charge is 2.11. The molecule has 1 unspecified atom stereocenters. The lowest BCUT2D eigenvalue weighted by molar-refractivity contribution is 0.251. The van der Waals surface area contributed by atoms with Gasteiger partial charge in [-0.15, -0.1) is 0 Å². The van der Waals surface area contributed by atoms with Crippen LogP contribution >= 0.6 is 23.2 Å². The van der Waals surface area contributed by atoms with E-state index in [1.54, 1.807) is 25.1 Å². The normalized spacial score (nSPS) is 12.9. The fourth-order valence-corrected chi connectivity index (χ4v) is 1.68. The minimum Gasteiger partial charge on any atom is -0.409 e. The maximum atomic E-state index is 11.6. The minimum atomic E-state index is -0.607. The lowest BCUT2D eigenvalue weighted by atomic mass is 10.3. The average Bonchev–Trinajstić information content (AvgIpc) is 2.25. The molecular formula is C10H12Cl2N4O2. The van der Waals surface area contributed by atoms with Gasteiger partial charge in [0.15, 0.2) is 5.84 Å². The van der Waals surface area contributed by atoms with Crippen molar-refractivity contribution in [3.63, 3.8) is 0 Å². The third kappa shape index (κ3) is 4.31. The number of urea groups is 1. The van der Waals surface area contributed by atoms with Gasteiger partial charge in [-0.3, -0.25) is 0 Å². The Kier molecular flexibility index (Phi) is 5.06. The van der Waals surface area contributed by atoms with Crippen LogP contribution < -0.4 is 16.4 Å². The van der Waals surface area contributed by atoms with Crippen molar-refractivity contribution in [3.05, 3.63) is 28.2 Å².